The number of hydrogen-bond donors (Lipinski definition) is 2. The van der Waals surface area contributed by atoms with E-state index in [4.69, 9.17) is 4.74 Å². The maximum atomic E-state index is 12.6. The first-order valence-corrected chi connectivity index (χ1v) is 9.81. The van der Waals surface area contributed by atoms with Gasteiger partial charge < -0.3 is 15.0 Å². The SMILES string of the molecule is COC(=O)[C@@H](Cc1c[nH]c2ccccc12)NC(=O)Cn1nnc(-c2ccccc2C)n1. The van der Waals surface area contributed by atoms with Crippen molar-refractivity contribution in [2.75, 3.05) is 7.11 Å². The number of rotatable bonds is 7. The number of fused-ring (bicyclic) bond motifs is 1. The van der Waals surface area contributed by atoms with Crippen LogP contribution in [-0.2, 0) is 27.3 Å². The minimum absolute atomic E-state index is 0.166. The highest BCUT2D eigenvalue weighted by Crippen LogP contribution is 2.20. The Labute approximate surface area is 178 Å². The molecule has 0 radical (unpaired) electrons. The third-order valence-electron chi connectivity index (χ3n) is 5.04. The predicted octanol–water partition coefficient (Wildman–Crippen LogP) is 2.03. The van der Waals surface area contributed by atoms with Gasteiger partial charge in [-0.3, -0.25) is 4.79 Å². The molecule has 0 aliphatic rings. The van der Waals surface area contributed by atoms with Crippen molar-refractivity contribution in [2.45, 2.75) is 25.9 Å². The van der Waals surface area contributed by atoms with Crippen molar-refractivity contribution in [2.24, 2.45) is 0 Å². The minimum Gasteiger partial charge on any atom is -0.467 e. The molecule has 0 saturated heterocycles. The van der Waals surface area contributed by atoms with Crippen molar-refractivity contribution < 1.29 is 14.3 Å². The number of tetrazole rings is 1. The van der Waals surface area contributed by atoms with Crippen molar-refractivity contribution >= 4 is 22.8 Å². The number of aryl methyl sites for hydroxylation is 1. The lowest BCUT2D eigenvalue weighted by Gasteiger charge is -2.16. The topological polar surface area (TPSA) is 115 Å². The molecule has 1 atom stereocenters. The molecule has 0 bridgehead atoms. The number of methoxy groups -OCH3 is 1. The van der Waals surface area contributed by atoms with Gasteiger partial charge in [-0.1, -0.05) is 42.5 Å². The molecule has 4 rings (SSSR count). The Bertz CT molecular complexity index is 1230. The molecular formula is C22H22N6O3. The summed E-state index contributed by atoms with van der Waals surface area (Å²) in [6.45, 7) is 1.79. The van der Waals surface area contributed by atoms with Crippen LogP contribution >= 0.6 is 0 Å². The van der Waals surface area contributed by atoms with E-state index in [0.29, 0.717) is 12.2 Å². The number of H-pyrrole nitrogens is 1. The molecule has 0 aliphatic heterocycles. The zero-order chi connectivity index (χ0) is 21.8. The molecule has 0 aliphatic carbocycles. The Kier molecular flexibility index (Phi) is 5.74. The number of benzene rings is 2. The first kappa shape index (κ1) is 20.3. The van der Waals surface area contributed by atoms with Gasteiger partial charge in [0.25, 0.3) is 0 Å². The van der Waals surface area contributed by atoms with E-state index in [0.717, 1.165) is 27.6 Å². The monoisotopic (exact) mass is 418 g/mol. The van der Waals surface area contributed by atoms with Crippen molar-refractivity contribution in [3.63, 3.8) is 0 Å². The van der Waals surface area contributed by atoms with E-state index in [1.165, 1.54) is 11.9 Å². The third-order valence-corrected chi connectivity index (χ3v) is 5.04. The Balaban J connectivity index is 1.46. The fourth-order valence-corrected chi connectivity index (χ4v) is 3.47. The van der Waals surface area contributed by atoms with Crippen LogP contribution in [0.4, 0.5) is 0 Å². The van der Waals surface area contributed by atoms with Gasteiger partial charge in [-0.15, -0.1) is 10.2 Å². The summed E-state index contributed by atoms with van der Waals surface area (Å²) < 4.78 is 4.89. The van der Waals surface area contributed by atoms with E-state index in [1.54, 1.807) is 0 Å². The summed E-state index contributed by atoms with van der Waals surface area (Å²) >= 11 is 0. The molecule has 1 amide bonds. The van der Waals surface area contributed by atoms with Gasteiger partial charge in [0.05, 0.1) is 7.11 Å². The smallest absolute Gasteiger partial charge is 0.328 e. The fraction of sp³-hybridized carbons (Fsp3) is 0.227. The maximum absolute atomic E-state index is 12.6. The summed E-state index contributed by atoms with van der Waals surface area (Å²) in [5.74, 6) is -0.496. The molecule has 0 saturated carbocycles. The average Bonchev–Trinajstić information content (AvgIpc) is 3.40. The highest BCUT2D eigenvalue weighted by Gasteiger charge is 2.24. The van der Waals surface area contributed by atoms with E-state index in [2.05, 4.69) is 25.7 Å². The van der Waals surface area contributed by atoms with E-state index < -0.39 is 17.9 Å². The van der Waals surface area contributed by atoms with E-state index >= 15 is 0 Å². The summed E-state index contributed by atoms with van der Waals surface area (Å²) in [7, 11) is 1.30. The second-order valence-corrected chi connectivity index (χ2v) is 7.17. The second kappa shape index (κ2) is 8.78. The van der Waals surface area contributed by atoms with Gasteiger partial charge in [-0.25, -0.2) is 4.79 Å². The lowest BCUT2D eigenvalue weighted by atomic mass is 10.0. The van der Waals surface area contributed by atoms with Crippen LogP contribution in [0.5, 0.6) is 0 Å². The molecule has 0 fully saturated rings. The van der Waals surface area contributed by atoms with Crippen LogP contribution in [0, 0.1) is 6.92 Å². The van der Waals surface area contributed by atoms with Gasteiger partial charge in [0.1, 0.15) is 12.6 Å². The molecule has 158 valence electrons. The van der Waals surface area contributed by atoms with Crippen molar-refractivity contribution in [1.82, 2.24) is 30.5 Å². The average molecular weight is 418 g/mol. The second-order valence-electron chi connectivity index (χ2n) is 7.17. The fourth-order valence-electron chi connectivity index (χ4n) is 3.47. The van der Waals surface area contributed by atoms with E-state index in [9.17, 15) is 9.59 Å². The molecule has 2 N–H and O–H groups in total. The Morgan fingerprint density at radius 3 is 2.74 bits per heavy atom. The largest absolute Gasteiger partial charge is 0.467 e. The van der Waals surface area contributed by atoms with E-state index in [1.807, 2.05) is 61.7 Å². The first-order valence-electron chi connectivity index (χ1n) is 9.81. The zero-order valence-corrected chi connectivity index (χ0v) is 17.2. The summed E-state index contributed by atoms with van der Waals surface area (Å²) in [5, 5.41) is 16.0. The standard InChI is InChI=1S/C22H22N6O3/c1-14-7-3-4-8-16(14)21-25-27-28(26-21)13-20(29)24-19(22(30)31-2)11-15-12-23-18-10-6-5-9-17(15)18/h3-10,12,19,23H,11,13H2,1-2H3,(H,24,29)/t19-/m1/s1. The number of carbonyl (C=O) groups excluding carboxylic acids is 2. The Morgan fingerprint density at radius 2 is 1.94 bits per heavy atom. The van der Waals surface area contributed by atoms with Gasteiger partial charge in [-0.05, 0) is 29.3 Å². The van der Waals surface area contributed by atoms with Crippen molar-refractivity contribution in [1.29, 1.82) is 0 Å². The number of ether oxygens (including phenoxy) is 1. The van der Waals surface area contributed by atoms with Gasteiger partial charge >= 0.3 is 5.97 Å². The van der Waals surface area contributed by atoms with Crippen LogP contribution in [0.3, 0.4) is 0 Å². The summed E-state index contributed by atoms with van der Waals surface area (Å²) in [6.07, 6.45) is 2.13. The molecule has 0 unspecified atom stereocenters. The number of aromatic amines is 1. The van der Waals surface area contributed by atoms with Gasteiger partial charge in [0, 0.05) is 29.1 Å². The highest BCUT2D eigenvalue weighted by molar-refractivity contribution is 5.87. The first-order chi connectivity index (χ1) is 15.0. The summed E-state index contributed by atoms with van der Waals surface area (Å²) in [4.78, 5) is 29.3. The third kappa shape index (κ3) is 4.45. The maximum Gasteiger partial charge on any atom is 0.328 e. The minimum atomic E-state index is -0.837. The lowest BCUT2D eigenvalue weighted by Crippen LogP contribution is -2.44. The Hall–Kier alpha value is -4.01. The summed E-state index contributed by atoms with van der Waals surface area (Å²) in [6, 6.07) is 14.6. The molecule has 9 nitrogen and oxygen atoms in total. The molecule has 0 spiro atoms. The van der Waals surface area contributed by atoms with Gasteiger partial charge in [0.2, 0.25) is 11.7 Å². The number of hydrogen-bond acceptors (Lipinski definition) is 6. The number of para-hydroxylation sites is 1. The van der Waals surface area contributed by atoms with Crippen molar-refractivity contribution in [3.8, 4) is 11.4 Å². The van der Waals surface area contributed by atoms with Crippen LogP contribution in [0.15, 0.2) is 54.7 Å². The van der Waals surface area contributed by atoms with Crippen LogP contribution in [-0.4, -0.2) is 50.2 Å². The molecule has 2 heterocycles. The molecule has 9 heteroatoms. The molecule has 4 aromatic rings. The predicted molar refractivity (Wildman–Crippen MR) is 114 cm³/mol. The van der Waals surface area contributed by atoms with Gasteiger partial charge in [0.15, 0.2) is 0 Å². The number of nitrogens with zero attached hydrogens (tertiary/aromatic N) is 4. The van der Waals surface area contributed by atoms with E-state index in [-0.39, 0.29) is 6.54 Å². The highest BCUT2D eigenvalue weighted by atomic mass is 16.5. The number of aromatic nitrogens is 5. The molecule has 31 heavy (non-hydrogen) atoms. The van der Waals surface area contributed by atoms with Gasteiger partial charge in [-0.2, -0.15) is 4.80 Å². The van der Waals surface area contributed by atoms with Crippen molar-refractivity contribution in [3.05, 3.63) is 65.9 Å². The normalized spacial score (nSPS) is 11.9. The number of esters is 1. The number of carbonyl (C=O) groups is 2. The van der Waals surface area contributed by atoms with Crippen LogP contribution < -0.4 is 5.32 Å². The van der Waals surface area contributed by atoms with Crippen LogP contribution in [0.1, 0.15) is 11.1 Å². The van der Waals surface area contributed by atoms with Crippen LogP contribution in [0.2, 0.25) is 0 Å². The molecular weight excluding hydrogens is 396 g/mol. The number of amides is 1. The lowest BCUT2D eigenvalue weighted by molar-refractivity contribution is -0.145. The quantitative estimate of drug-likeness (QED) is 0.444. The summed E-state index contributed by atoms with van der Waals surface area (Å²) in [5.41, 5.74) is 3.73. The molecule has 2 aromatic carbocycles. The number of nitrogens with one attached hydrogen (secondary N) is 2. The van der Waals surface area contributed by atoms with Crippen LogP contribution in [0.25, 0.3) is 22.3 Å². The Morgan fingerprint density at radius 1 is 1.16 bits per heavy atom. The molecule has 2 aromatic heterocycles. The zero-order valence-electron chi connectivity index (χ0n) is 17.2.